The second kappa shape index (κ2) is 11.0. The topological polar surface area (TPSA) is 74.6 Å². The fourth-order valence-electron chi connectivity index (χ4n) is 3.31. The largest absolute Gasteiger partial charge is 0.352 e. The molecule has 1 aromatic carbocycles. The van der Waals surface area contributed by atoms with Gasteiger partial charge in [0.15, 0.2) is 5.96 Å². The zero-order valence-corrected chi connectivity index (χ0v) is 18.8. The van der Waals surface area contributed by atoms with E-state index in [2.05, 4.69) is 37.3 Å². The summed E-state index contributed by atoms with van der Waals surface area (Å²) < 4.78 is 2.13. The van der Waals surface area contributed by atoms with Crippen molar-refractivity contribution in [3.05, 3.63) is 54.1 Å². The van der Waals surface area contributed by atoms with Gasteiger partial charge in [-0.15, -0.1) is 24.0 Å². The van der Waals surface area contributed by atoms with Crippen molar-refractivity contribution in [2.75, 3.05) is 20.1 Å². The fraction of sp³-hybridized carbons (Fsp3) is 0.450. The van der Waals surface area contributed by atoms with Crippen molar-refractivity contribution in [3.63, 3.8) is 0 Å². The van der Waals surface area contributed by atoms with Crippen LogP contribution in [-0.4, -0.2) is 52.5 Å². The summed E-state index contributed by atoms with van der Waals surface area (Å²) >= 11 is 0. The maximum absolute atomic E-state index is 11.8. The number of imidazole rings is 1. The van der Waals surface area contributed by atoms with E-state index in [1.165, 1.54) is 5.56 Å². The van der Waals surface area contributed by atoms with Crippen molar-refractivity contribution in [3.8, 4) is 0 Å². The highest BCUT2D eigenvalue weighted by atomic mass is 127. The first-order chi connectivity index (χ1) is 13.2. The Morgan fingerprint density at radius 1 is 1.32 bits per heavy atom. The van der Waals surface area contributed by atoms with E-state index in [0.29, 0.717) is 13.0 Å². The van der Waals surface area contributed by atoms with Crippen LogP contribution in [0.15, 0.2) is 47.7 Å². The molecule has 8 heteroatoms. The van der Waals surface area contributed by atoms with Gasteiger partial charge >= 0.3 is 0 Å². The molecule has 1 aliphatic rings. The van der Waals surface area contributed by atoms with Gasteiger partial charge in [-0.3, -0.25) is 9.79 Å². The molecule has 1 fully saturated rings. The predicted octanol–water partition coefficient (Wildman–Crippen LogP) is 2.23. The van der Waals surface area contributed by atoms with E-state index < -0.39 is 0 Å². The van der Waals surface area contributed by atoms with E-state index in [1.54, 1.807) is 7.05 Å². The fourth-order valence-corrected chi connectivity index (χ4v) is 3.31. The lowest BCUT2D eigenvalue weighted by molar-refractivity contribution is -0.129. The molecule has 7 nitrogen and oxygen atoms in total. The minimum absolute atomic E-state index is 0. The van der Waals surface area contributed by atoms with E-state index >= 15 is 0 Å². The van der Waals surface area contributed by atoms with Gasteiger partial charge in [0.1, 0.15) is 5.82 Å². The summed E-state index contributed by atoms with van der Waals surface area (Å²) in [6, 6.07) is 10.6. The molecular formula is C20H29IN6O. The number of nitrogens with one attached hydrogen (secondary N) is 2. The lowest BCUT2D eigenvalue weighted by Gasteiger charge is -2.19. The van der Waals surface area contributed by atoms with Gasteiger partial charge < -0.3 is 20.1 Å². The summed E-state index contributed by atoms with van der Waals surface area (Å²) in [6.45, 7) is 4.82. The number of aromatic nitrogens is 2. The predicted molar refractivity (Wildman–Crippen MR) is 122 cm³/mol. The van der Waals surface area contributed by atoms with Crippen LogP contribution in [0, 0.1) is 0 Å². The van der Waals surface area contributed by atoms with Crippen molar-refractivity contribution >= 4 is 35.8 Å². The summed E-state index contributed by atoms with van der Waals surface area (Å²) in [5.74, 6) is 1.90. The standard InChI is InChI=1S/C20H28N6O.HI/c1-3-19(27)26-11-9-17(15-26)24-20(21-2)23-13-18-22-10-12-25(18)14-16-7-5-4-6-8-16;/h4-8,10,12,17H,3,9,11,13-15H2,1-2H3,(H2,21,23,24);1H. The lowest BCUT2D eigenvalue weighted by atomic mass is 10.2. The van der Waals surface area contributed by atoms with Gasteiger partial charge in [0.2, 0.25) is 5.91 Å². The monoisotopic (exact) mass is 496 g/mol. The van der Waals surface area contributed by atoms with Gasteiger partial charge in [0.25, 0.3) is 0 Å². The van der Waals surface area contributed by atoms with Crippen LogP contribution in [0.4, 0.5) is 0 Å². The van der Waals surface area contributed by atoms with E-state index in [1.807, 2.05) is 42.4 Å². The SMILES string of the molecule is CCC(=O)N1CCC(NC(=NC)NCc2nccn2Cc2ccccc2)C1.I. The third kappa shape index (κ3) is 5.95. The number of rotatable bonds is 6. The first-order valence-electron chi connectivity index (χ1n) is 9.48. The average Bonchev–Trinajstić information content (AvgIpc) is 3.35. The Balaban J connectivity index is 0.00000280. The first-order valence-corrected chi connectivity index (χ1v) is 9.48. The number of carbonyl (C=O) groups excluding carboxylic acids is 1. The molecule has 2 aromatic rings. The maximum atomic E-state index is 11.8. The number of halogens is 1. The second-order valence-corrected chi connectivity index (χ2v) is 6.71. The van der Waals surface area contributed by atoms with Crippen molar-refractivity contribution in [1.29, 1.82) is 0 Å². The van der Waals surface area contributed by atoms with Gasteiger partial charge in [-0.2, -0.15) is 0 Å². The molecule has 1 aromatic heterocycles. The summed E-state index contributed by atoms with van der Waals surface area (Å²) in [4.78, 5) is 22.5. The van der Waals surface area contributed by atoms with E-state index in [4.69, 9.17) is 0 Å². The molecule has 3 rings (SSSR count). The molecule has 0 saturated carbocycles. The number of carbonyl (C=O) groups is 1. The molecule has 1 saturated heterocycles. The number of amides is 1. The summed E-state index contributed by atoms with van der Waals surface area (Å²) in [5, 5.41) is 6.75. The third-order valence-corrected chi connectivity index (χ3v) is 4.82. The van der Waals surface area contributed by atoms with Gasteiger partial charge in [-0.1, -0.05) is 37.3 Å². The Bertz CT molecular complexity index is 776. The Morgan fingerprint density at radius 2 is 2.11 bits per heavy atom. The Labute approximate surface area is 183 Å². The lowest BCUT2D eigenvalue weighted by Crippen LogP contribution is -2.45. The van der Waals surface area contributed by atoms with Crippen LogP contribution in [0.3, 0.4) is 0 Å². The average molecular weight is 496 g/mol. The smallest absolute Gasteiger partial charge is 0.222 e. The zero-order valence-electron chi connectivity index (χ0n) is 16.5. The molecule has 0 bridgehead atoms. The quantitative estimate of drug-likeness (QED) is 0.366. The number of likely N-dealkylation sites (tertiary alicyclic amines) is 1. The Kier molecular flexibility index (Phi) is 8.75. The highest BCUT2D eigenvalue weighted by molar-refractivity contribution is 14.0. The molecule has 152 valence electrons. The van der Waals surface area contributed by atoms with Crippen molar-refractivity contribution < 1.29 is 4.79 Å². The van der Waals surface area contributed by atoms with Gasteiger partial charge in [0, 0.05) is 51.5 Å². The summed E-state index contributed by atoms with van der Waals surface area (Å²) in [6.07, 6.45) is 5.31. The molecular weight excluding hydrogens is 467 g/mol. The highest BCUT2D eigenvalue weighted by Crippen LogP contribution is 2.10. The zero-order chi connectivity index (χ0) is 19.1. The second-order valence-electron chi connectivity index (χ2n) is 6.71. The minimum Gasteiger partial charge on any atom is -0.352 e. The van der Waals surface area contributed by atoms with E-state index in [0.717, 1.165) is 37.8 Å². The first kappa shape index (κ1) is 22.2. The Hall–Kier alpha value is -2.10. The number of hydrogen-bond donors (Lipinski definition) is 2. The number of nitrogens with zero attached hydrogens (tertiary/aromatic N) is 4. The van der Waals surface area contributed by atoms with Crippen molar-refractivity contribution in [2.45, 2.75) is 38.9 Å². The third-order valence-electron chi connectivity index (χ3n) is 4.82. The van der Waals surface area contributed by atoms with Crippen molar-refractivity contribution in [2.24, 2.45) is 4.99 Å². The molecule has 2 heterocycles. The van der Waals surface area contributed by atoms with Crippen LogP contribution in [0.2, 0.25) is 0 Å². The number of benzene rings is 1. The van der Waals surface area contributed by atoms with Crippen LogP contribution in [-0.2, 0) is 17.9 Å². The van der Waals surface area contributed by atoms with Crippen LogP contribution in [0.1, 0.15) is 31.2 Å². The van der Waals surface area contributed by atoms with Crippen LogP contribution in [0.5, 0.6) is 0 Å². The molecule has 1 aliphatic heterocycles. The number of aliphatic imine (C=N–C) groups is 1. The normalized spacial score (nSPS) is 16.6. The van der Waals surface area contributed by atoms with Crippen molar-refractivity contribution in [1.82, 2.24) is 25.1 Å². The highest BCUT2D eigenvalue weighted by Gasteiger charge is 2.25. The molecule has 2 N–H and O–H groups in total. The van der Waals surface area contributed by atoms with E-state index in [-0.39, 0.29) is 35.9 Å². The van der Waals surface area contributed by atoms with Gasteiger partial charge in [-0.05, 0) is 12.0 Å². The molecule has 0 spiro atoms. The Morgan fingerprint density at radius 3 is 2.82 bits per heavy atom. The molecule has 1 atom stereocenters. The van der Waals surface area contributed by atoms with Gasteiger partial charge in [-0.25, -0.2) is 4.98 Å². The number of hydrogen-bond acceptors (Lipinski definition) is 3. The molecule has 0 aliphatic carbocycles. The van der Waals surface area contributed by atoms with Gasteiger partial charge in [0.05, 0.1) is 6.54 Å². The molecule has 1 unspecified atom stereocenters. The van der Waals surface area contributed by atoms with Crippen LogP contribution < -0.4 is 10.6 Å². The van der Waals surface area contributed by atoms with Crippen LogP contribution >= 0.6 is 24.0 Å². The van der Waals surface area contributed by atoms with E-state index in [9.17, 15) is 4.79 Å². The maximum Gasteiger partial charge on any atom is 0.222 e. The summed E-state index contributed by atoms with van der Waals surface area (Å²) in [7, 11) is 1.76. The number of guanidine groups is 1. The molecule has 28 heavy (non-hydrogen) atoms. The summed E-state index contributed by atoms with van der Waals surface area (Å²) in [5.41, 5.74) is 1.24. The minimum atomic E-state index is 0. The molecule has 1 amide bonds. The van der Waals surface area contributed by atoms with Crippen LogP contribution in [0.25, 0.3) is 0 Å². The molecule has 0 radical (unpaired) electrons.